The van der Waals surface area contributed by atoms with Gasteiger partial charge in [0.2, 0.25) is 0 Å². The van der Waals surface area contributed by atoms with Gasteiger partial charge in [-0.05, 0) is 25.1 Å². The largest absolute Gasteiger partial charge is 0.497 e. The molecule has 0 fully saturated rings. The van der Waals surface area contributed by atoms with Gasteiger partial charge in [0.1, 0.15) is 11.6 Å². The molecule has 3 nitrogen and oxygen atoms in total. The molecule has 2 rings (SSSR count). The number of halogens is 2. The summed E-state index contributed by atoms with van der Waals surface area (Å²) in [6.07, 6.45) is 0. The summed E-state index contributed by atoms with van der Waals surface area (Å²) in [5.74, 6) is 0.453. The second-order valence-corrected chi connectivity index (χ2v) is 5.03. The number of aromatic nitrogens is 1. The van der Waals surface area contributed by atoms with Crippen molar-refractivity contribution in [3.05, 3.63) is 52.0 Å². The van der Waals surface area contributed by atoms with Crippen molar-refractivity contribution >= 4 is 21.6 Å². The van der Waals surface area contributed by atoms with E-state index in [-0.39, 0.29) is 5.82 Å². The van der Waals surface area contributed by atoms with Crippen LogP contribution in [0.25, 0.3) is 0 Å². The molecule has 0 amide bonds. The third kappa shape index (κ3) is 3.67. The number of benzene rings is 1. The van der Waals surface area contributed by atoms with E-state index in [1.807, 2.05) is 19.1 Å². The summed E-state index contributed by atoms with van der Waals surface area (Å²) in [6, 6.07) is 8.58. The number of ether oxygens (including phenoxy) is 1. The summed E-state index contributed by atoms with van der Waals surface area (Å²) in [5, 5.41) is 3.02. The minimum atomic E-state index is -0.297. The van der Waals surface area contributed by atoms with Crippen LogP contribution in [0.15, 0.2) is 34.8 Å². The third-order valence-electron chi connectivity index (χ3n) is 2.61. The number of nitrogens with one attached hydrogen (secondary N) is 1. The van der Waals surface area contributed by atoms with Gasteiger partial charge in [-0.25, -0.2) is 4.39 Å². The molecule has 1 aromatic carbocycles. The minimum Gasteiger partial charge on any atom is -0.497 e. The lowest BCUT2D eigenvalue weighted by Crippen LogP contribution is -2.04. The first-order valence-corrected chi connectivity index (χ1v) is 6.58. The maximum absolute atomic E-state index is 13.6. The van der Waals surface area contributed by atoms with Crippen LogP contribution in [-0.4, -0.2) is 12.1 Å². The topological polar surface area (TPSA) is 34.1 Å². The van der Waals surface area contributed by atoms with Crippen LogP contribution < -0.4 is 10.1 Å². The van der Waals surface area contributed by atoms with E-state index in [2.05, 4.69) is 26.2 Å². The molecule has 0 bridgehead atoms. The van der Waals surface area contributed by atoms with Crippen LogP contribution in [0.4, 0.5) is 10.1 Å². The Hall–Kier alpha value is -1.62. The Morgan fingerprint density at radius 1 is 1.32 bits per heavy atom. The molecular weight excluding hydrogens is 311 g/mol. The number of aryl methyl sites for hydroxylation is 1. The fraction of sp³-hybridized carbons (Fsp3) is 0.214. The zero-order chi connectivity index (χ0) is 13.8. The van der Waals surface area contributed by atoms with Gasteiger partial charge >= 0.3 is 0 Å². The van der Waals surface area contributed by atoms with Crippen molar-refractivity contribution in [1.82, 2.24) is 4.98 Å². The first kappa shape index (κ1) is 13.8. The summed E-state index contributed by atoms with van der Waals surface area (Å²) in [5.41, 5.74) is 2.12. The molecule has 1 heterocycles. The highest BCUT2D eigenvalue weighted by Gasteiger charge is 2.04. The van der Waals surface area contributed by atoms with Crippen LogP contribution in [0.3, 0.4) is 0 Å². The van der Waals surface area contributed by atoms with Crippen LogP contribution in [0.1, 0.15) is 11.4 Å². The highest BCUT2D eigenvalue weighted by atomic mass is 79.9. The van der Waals surface area contributed by atoms with Crippen molar-refractivity contribution in [2.24, 2.45) is 0 Å². The van der Waals surface area contributed by atoms with Gasteiger partial charge in [0.25, 0.3) is 0 Å². The summed E-state index contributed by atoms with van der Waals surface area (Å²) < 4.78 is 19.5. The van der Waals surface area contributed by atoms with Crippen molar-refractivity contribution in [3.8, 4) is 5.75 Å². The molecule has 0 spiro atoms. The third-order valence-corrected chi connectivity index (χ3v) is 3.10. The van der Waals surface area contributed by atoms with E-state index < -0.39 is 0 Å². The lowest BCUT2D eigenvalue weighted by molar-refractivity contribution is 0.413. The van der Waals surface area contributed by atoms with E-state index in [1.165, 1.54) is 6.07 Å². The predicted molar refractivity (Wildman–Crippen MR) is 77.0 cm³/mol. The number of anilines is 1. The summed E-state index contributed by atoms with van der Waals surface area (Å²) >= 11 is 3.22. The normalized spacial score (nSPS) is 10.3. The Labute approximate surface area is 119 Å². The zero-order valence-electron chi connectivity index (χ0n) is 10.7. The summed E-state index contributed by atoms with van der Waals surface area (Å²) in [7, 11) is 1.61. The van der Waals surface area contributed by atoms with Crippen molar-refractivity contribution in [1.29, 1.82) is 0 Å². The van der Waals surface area contributed by atoms with E-state index in [0.29, 0.717) is 16.7 Å². The SMILES string of the molecule is COc1cc(C)nc(CNc2ccc(Br)cc2F)c1. The molecule has 0 aliphatic rings. The van der Waals surface area contributed by atoms with Crippen molar-refractivity contribution < 1.29 is 9.13 Å². The number of hydrogen-bond donors (Lipinski definition) is 1. The van der Waals surface area contributed by atoms with Crippen LogP contribution >= 0.6 is 15.9 Å². The molecule has 0 aliphatic heterocycles. The summed E-state index contributed by atoms with van der Waals surface area (Å²) in [6.45, 7) is 2.34. The highest BCUT2D eigenvalue weighted by Crippen LogP contribution is 2.20. The number of nitrogens with zero attached hydrogens (tertiary/aromatic N) is 1. The number of pyridine rings is 1. The smallest absolute Gasteiger partial charge is 0.147 e. The van der Waals surface area contributed by atoms with Gasteiger partial charge < -0.3 is 10.1 Å². The van der Waals surface area contributed by atoms with Gasteiger partial charge in [-0.2, -0.15) is 0 Å². The average Bonchev–Trinajstić information content (AvgIpc) is 2.37. The van der Waals surface area contributed by atoms with E-state index >= 15 is 0 Å². The van der Waals surface area contributed by atoms with Gasteiger partial charge in [-0.1, -0.05) is 15.9 Å². The molecule has 19 heavy (non-hydrogen) atoms. The molecule has 0 saturated carbocycles. The monoisotopic (exact) mass is 324 g/mol. The first-order chi connectivity index (χ1) is 9.08. The Morgan fingerprint density at radius 2 is 2.11 bits per heavy atom. The molecule has 1 aromatic heterocycles. The standard InChI is InChI=1S/C14H14BrFN2O/c1-9-5-12(19-2)7-11(18-9)8-17-14-4-3-10(15)6-13(14)16/h3-7,17H,8H2,1-2H3. The maximum Gasteiger partial charge on any atom is 0.147 e. The lowest BCUT2D eigenvalue weighted by Gasteiger charge is -2.09. The van der Waals surface area contributed by atoms with E-state index in [0.717, 1.165) is 17.1 Å². The Balaban J connectivity index is 2.12. The van der Waals surface area contributed by atoms with Crippen molar-refractivity contribution in [2.45, 2.75) is 13.5 Å². The molecule has 1 N–H and O–H groups in total. The van der Waals surface area contributed by atoms with Crippen molar-refractivity contribution in [3.63, 3.8) is 0 Å². The molecule has 0 unspecified atom stereocenters. The number of rotatable bonds is 4. The second kappa shape index (κ2) is 6.02. The summed E-state index contributed by atoms with van der Waals surface area (Å²) in [4.78, 5) is 4.37. The Bertz CT molecular complexity index is 590. The zero-order valence-corrected chi connectivity index (χ0v) is 12.3. The van der Waals surface area contributed by atoms with Gasteiger partial charge in [0.05, 0.1) is 25.0 Å². The molecule has 100 valence electrons. The van der Waals surface area contributed by atoms with Gasteiger partial charge in [-0.15, -0.1) is 0 Å². The molecule has 5 heteroatoms. The van der Waals surface area contributed by atoms with E-state index in [1.54, 1.807) is 19.2 Å². The van der Waals surface area contributed by atoms with Crippen LogP contribution in [0, 0.1) is 12.7 Å². The van der Waals surface area contributed by atoms with Gasteiger partial charge in [0.15, 0.2) is 0 Å². The number of methoxy groups -OCH3 is 1. The molecule has 2 aromatic rings. The highest BCUT2D eigenvalue weighted by molar-refractivity contribution is 9.10. The quantitative estimate of drug-likeness (QED) is 0.925. The minimum absolute atomic E-state index is 0.297. The Morgan fingerprint density at radius 3 is 2.79 bits per heavy atom. The van der Waals surface area contributed by atoms with Crippen LogP contribution in [0.2, 0.25) is 0 Å². The second-order valence-electron chi connectivity index (χ2n) is 4.12. The van der Waals surface area contributed by atoms with Crippen molar-refractivity contribution in [2.75, 3.05) is 12.4 Å². The molecule has 0 aliphatic carbocycles. The molecule has 0 atom stereocenters. The van der Waals surface area contributed by atoms with Crippen LogP contribution in [-0.2, 0) is 6.54 Å². The van der Waals surface area contributed by atoms with E-state index in [9.17, 15) is 4.39 Å². The van der Waals surface area contributed by atoms with Gasteiger partial charge in [0, 0.05) is 22.3 Å². The lowest BCUT2D eigenvalue weighted by atomic mass is 10.2. The fourth-order valence-corrected chi connectivity index (χ4v) is 2.06. The molecule has 0 saturated heterocycles. The molecule has 0 radical (unpaired) electrons. The maximum atomic E-state index is 13.6. The average molecular weight is 325 g/mol. The fourth-order valence-electron chi connectivity index (χ4n) is 1.73. The predicted octanol–water partition coefficient (Wildman–Crippen LogP) is 3.91. The van der Waals surface area contributed by atoms with Gasteiger partial charge in [-0.3, -0.25) is 4.98 Å². The van der Waals surface area contributed by atoms with Crippen LogP contribution in [0.5, 0.6) is 5.75 Å². The number of hydrogen-bond acceptors (Lipinski definition) is 3. The Kier molecular flexibility index (Phi) is 4.37. The molecular formula is C14H14BrFN2O. The first-order valence-electron chi connectivity index (χ1n) is 5.79. The van der Waals surface area contributed by atoms with E-state index in [4.69, 9.17) is 4.74 Å².